The third-order valence-electron chi connectivity index (χ3n) is 7.03. The van der Waals surface area contributed by atoms with E-state index < -0.39 is 11.5 Å². The highest BCUT2D eigenvalue weighted by molar-refractivity contribution is 5.94. The highest BCUT2D eigenvalue weighted by Gasteiger charge is 2.69. The number of ether oxygens (including phenoxy) is 1. The Morgan fingerprint density at radius 3 is 2.79 bits per heavy atom. The first-order valence-electron chi connectivity index (χ1n) is 11.2. The highest BCUT2D eigenvalue weighted by atomic mass is 16.5. The minimum absolute atomic E-state index is 0.178. The zero-order valence-electron chi connectivity index (χ0n) is 18.5. The van der Waals surface area contributed by atoms with E-state index in [1.807, 2.05) is 49.6 Å². The van der Waals surface area contributed by atoms with Crippen molar-refractivity contribution in [2.24, 2.45) is 24.1 Å². The molecule has 1 saturated heterocycles. The van der Waals surface area contributed by atoms with Crippen LogP contribution in [0.4, 0.5) is 0 Å². The Labute approximate surface area is 190 Å². The second-order valence-electron chi connectivity index (χ2n) is 8.93. The third kappa shape index (κ3) is 2.90. The first kappa shape index (κ1) is 20.0. The first-order valence-corrected chi connectivity index (χ1v) is 11.2. The Bertz CT molecular complexity index is 1400. The van der Waals surface area contributed by atoms with E-state index in [1.54, 1.807) is 11.0 Å². The molecule has 1 aliphatic carbocycles. The molecule has 1 aromatic carbocycles. The number of carbonyl (C=O) groups is 1. The van der Waals surface area contributed by atoms with Gasteiger partial charge in [-0.2, -0.15) is 5.10 Å². The summed E-state index contributed by atoms with van der Waals surface area (Å²) in [5, 5.41) is 4.69. The van der Waals surface area contributed by atoms with Gasteiger partial charge in [-0.05, 0) is 24.5 Å². The fourth-order valence-electron chi connectivity index (χ4n) is 5.21. The molecule has 4 aromatic rings. The monoisotopic (exact) mass is 440 g/mol. The molecule has 6 rings (SSSR count). The van der Waals surface area contributed by atoms with Crippen molar-refractivity contribution < 1.29 is 9.53 Å². The lowest BCUT2D eigenvalue weighted by molar-refractivity contribution is -0.126. The number of fused-ring (bicyclic) bond motifs is 2. The number of benzene rings is 1. The molecule has 33 heavy (non-hydrogen) atoms. The van der Waals surface area contributed by atoms with Crippen LogP contribution in [0, 0.1) is 11.3 Å². The standard InChI is InChI=1S/C25H24N6O2/c1-3-14-9-18-22(29-20(14)23-25(24(26)32)10-16(25)12-33-23)21(28-13-27-18)17-11-31(2)30-19(17)15-7-5-4-6-8-15/h4-9,11,13,16,23H,3,10,12H2,1-2H3,(H2,26,32). The number of carbonyl (C=O) groups excluding carboxylic acids is 1. The van der Waals surface area contributed by atoms with Gasteiger partial charge in [0.2, 0.25) is 5.91 Å². The summed E-state index contributed by atoms with van der Waals surface area (Å²) in [6, 6.07) is 12.0. The highest BCUT2D eigenvalue weighted by Crippen LogP contribution is 2.66. The summed E-state index contributed by atoms with van der Waals surface area (Å²) >= 11 is 0. The summed E-state index contributed by atoms with van der Waals surface area (Å²) < 4.78 is 7.86. The maximum Gasteiger partial charge on any atom is 0.227 e. The minimum atomic E-state index is -0.649. The number of nitrogens with two attached hydrogens (primary N) is 1. The van der Waals surface area contributed by atoms with E-state index in [2.05, 4.69) is 16.9 Å². The molecule has 1 amide bonds. The summed E-state index contributed by atoms with van der Waals surface area (Å²) in [6.45, 7) is 2.61. The predicted molar refractivity (Wildman–Crippen MR) is 123 cm³/mol. The zero-order valence-corrected chi connectivity index (χ0v) is 18.5. The molecular formula is C25H24N6O2. The molecule has 3 aromatic heterocycles. The van der Waals surface area contributed by atoms with Crippen molar-refractivity contribution in [2.75, 3.05) is 6.61 Å². The van der Waals surface area contributed by atoms with Crippen LogP contribution in [0.25, 0.3) is 33.5 Å². The normalized spacial score (nSPS) is 23.6. The molecule has 4 heterocycles. The van der Waals surface area contributed by atoms with E-state index in [0.29, 0.717) is 17.8 Å². The lowest BCUT2D eigenvalue weighted by atomic mass is 9.91. The summed E-state index contributed by atoms with van der Waals surface area (Å²) in [6.07, 6.45) is 4.59. The molecule has 2 aliphatic rings. The Kier molecular flexibility index (Phi) is 4.35. The smallest absolute Gasteiger partial charge is 0.227 e. The Balaban J connectivity index is 1.57. The van der Waals surface area contributed by atoms with Crippen molar-refractivity contribution in [3.8, 4) is 22.5 Å². The molecule has 8 heteroatoms. The number of rotatable bonds is 5. The fourth-order valence-corrected chi connectivity index (χ4v) is 5.21. The van der Waals surface area contributed by atoms with Crippen molar-refractivity contribution in [3.63, 3.8) is 0 Å². The molecule has 8 nitrogen and oxygen atoms in total. The minimum Gasteiger partial charge on any atom is -0.370 e. The number of aromatic nitrogens is 5. The second kappa shape index (κ2) is 7.18. The molecule has 3 unspecified atom stereocenters. The van der Waals surface area contributed by atoms with Gasteiger partial charge in [0, 0.05) is 30.3 Å². The van der Waals surface area contributed by atoms with E-state index in [-0.39, 0.29) is 11.8 Å². The van der Waals surface area contributed by atoms with Crippen molar-refractivity contribution in [2.45, 2.75) is 25.9 Å². The van der Waals surface area contributed by atoms with E-state index in [4.69, 9.17) is 20.6 Å². The van der Waals surface area contributed by atoms with Gasteiger partial charge >= 0.3 is 0 Å². The summed E-state index contributed by atoms with van der Waals surface area (Å²) in [5.74, 6) is -0.126. The van der Waals surface area contributed by atoms with E-state index in [1.165, 1.54) is 0 Å². The number of hydrogen-bond acceptors (Lipinski definition) is 6. The summed E-state index contributed by atoms with van der Waals surface area (Å²) in [7, 11) is 1.89. The van der Waals surface area contributed by atoms with Crippen LogP contribution in [-0.4, -0.2) is 37.2 Å². The summed E-state index contributed by atoms with van der Waals surface area (Å²) in [4.78, 5) is 26.6. The van der Waals surface area contributed by atoms with Crippen LogP contribution in [0.3, 0.4) is 0 Å². The summed E-state index contributed by atoms with van der Waals surface area (Å²) in [5.41, 5.74) is 11.8. The van der Waals surface area contributed by atoms with Gasteiger partial charge in [0.1, 0.15) is 29.3 Å². The molecule has 2 fully saturated rings. The fraction of sp³-hybridized carbons (Fsp3) is 0.320. The van der Waals surface area contributed by atoms with Crippen LogP contribution < -0.4 is 5.73 Å². The second-order valence-corrected chi connectivity index (χ2v) is 8.93. The Morgan fingerprint density at radius 2 is 2.06 bits per heavy atom. The lowest BCUT2D eigenvalue weighted by Gasteiger charge is -2.22. The average Bonchev–Trinajstić information content (AvgIpc) is 3.26. The van der Waals surface area contributed by atoms with Crippen LogP contribution in [0.2, 0.25) is 0 Å². The quantitative estimate of drug-likeness (QED) is 0.510. The van der Waals surface area contributed by atoms with Crippen molar-refractivity contribution in [1.29, 1.82) is 0 Å². The van der Waals surface area contributed by atoms with Gasteiger partial charge in [-0.15, -0.1) is 0 Å². The molecule has 3 atom stereocenters. The molecule has 2 N–H and O–H groups in total. The van der Waals surface area contributed by atoms with Gasteiger partial charge in [-0.3, -0.25) is 9.48 Å². The van der Waals surface area contributed by atoms with Gasteiger partial charge in [0.05, 0.1) is 23.2 Å². The number of pyridine rings is 1. The molecule has 0 spiro atoms. The zero-order chi connectivity index (χ0) is 22.7. The molecule has 0 bridgehead atoms. The number of primary amides is 1. The van der Waals surface area contributed by atoms with E-state index in [0.717, 1.165) is 46.4 Å². The maximum atomic E-state index is 12.4. The Morgan fingerprint density at radius 1 is 1.24 bits per heavy atom. The topological polar surface area (TPSA) is 109 Å². The van der Waals surface area contributed by atoms with Gasteiger partial charge in [0.15, 0.2) is 0 Å². The van der Waals surface area contributed by atoms with Gasteiger partial charge in [-0.25, -0.2) is 15.0 Å². The van der Waals surface area contributed by atoms with Crippen molar-refractivity contribution in [1.82, 2.24) is 24.7 Å². The van der Waals surface area contributed by atoms with Crippen LogP contribution >= 0.6 is 0 Å². The van der Waals surface area contributed by atoms with Gasteiger partial charge < -0.3 is 10.5 Å². The van der Waals surface area contributed by atoms with Crippen LogP contribution in [-0.2, 0) is 23.0 Å². The largest absolute Gasteiger partial charge is 0.370 e. The number of hydrogen-bond donors (Lipinski definition) is 1. The Hall–Kier alpha value is -3.65. The molecular weight excluding hydrogens is 416 g/mol. The number of amides is 1. The molecule has 0 radical (unpaired) electrons. The van der Waals surface area contributed by atoms with E-state index >= 15 is 0 Å². The van der Waals surface area contributed by atoms with Crippen molar-refractivity contribution in [3.05, 3.63) is 60.2 Å². The SMILES string of the molecule is CCc1cc2ncnc(-c3cn(C)nc3-c3ccccc3)c2nc1C1OCC2CC21C(N)=O. The van der Waals surface area contributed by atoms with Crippen LogP contribution in [0.15, 0.2) is 48.9 Å². The maximum absolute atomic E-state index is 12.4. The van der Waals surface area contributed by atoms with Gasteiger partial charge in [-0.1, -0.05) is 37.3 Å². The van der Waals surface area contributed by atoms with Crippen LogP contribution in [0.1, 0.15) is 30.7 Å². The number of aryl methyl sites for hydroxylation is 2. The average molecular weight is 441 g/mol. The van der Waals surface area contributed by atoms with Crippen LogP contribution in [0.5, 0.6) is 0 Å². The number of nitrogens with zero attached hydrogens (tertiary/aromatic N) is 5. The van der Waals surface area contributed by atoms with E-state index in [9.17, 15) is 4.79 Å². The molecule has 1 aliphatic heterocycles. The molecule has 166 valence electrons. The lowest BCUT2D eigenvalue weighted by Crippen LogP contribution is -2.31. The van der Waals surface area contributed by atoms with Gasteiger partial charge in [0.25, 0.3) is 0 Å². The van der Waals surface area contributed by atoms with Crippen molar-refractivity contribution >= 4 is 16.9 Å². The first-order chi connectivity index (χ1) is 16.0. The molecule has 1 saturated carbocycles. The predicted octanol–water partition coefficient (Wildman–Crippen LogP) is 3.22. The third-order valence-corrected chi connectivity index (χ3v) is 7.03.